The first kappa shape index (κ1) is 24.4. The molecule has 1 saturated heterocycles. The Morgan fingerprint density at radius 2 is 1.83 bits per heavy atom. The molecular weight excluding hydrogens is 515 g/mol. The van der Waals surface area contributed by atoms with Crippen molar-refractivity contribution >= 4 is 74.2 Å². The van der Waals surface area contributed by atoms with Gasteiger partial charge in [0.25, 0.3) is 0 Å². The van der Waals surface area contributed by atoms with E-state index in [9.17, 15) is 9.59 Å². The predicted molar refractivity (Wildman–Crippen MR) is 148 cm³/mol. The number of nitrogens with one attached hydrogen (secondary N) is 2. The minimum absolute atomic E-state index is 0.0408. The van der Waals surface area contributed by atoms with Crippen LogP contribution in [0, 0.1) is 0 Å². The van der Waals surface area contributed by atoms with E-state index in [0.29, 0.717) is 39.6 Å². The fourth-order valence-corrected chi connectivity index (χ4v) is 5.59. The van der Waals surface area contributed by atoms with Gasteiger partial charge in [0.15, 0.2) is 5.17 Å². The van der Waals surface area contributed by atoms with E-state index < -0.39 is 5.25 Å². The highest BCUT2D eigenvalue weighted by molar-refractivity contribution is 8.15. The third-order valence-electron chi connectivity index (χ3n) is 5.85. The lowest BCUT2D eigenvalue weighted by atomic mass is 10.1. The van der Waals surface area contributed by atoms with Gasteiger partial charge in [0.05, 0.1) is 10.7 Å². The van der Waals surface area contributed by atoms with Crippen molar-refractivity contribution in [3.05, 3.63) is 94.6 Å². The van der Waals surface area contributed by atoms with Crippen molar-refractivity contribution in [2.24, 2.45) is 4.99 Å². The second kappa shape index (κ2) is 10.8. The molecular formula is C27H22Cl2N4O2S. The fraction of sp³-hybridized carbons (Fsp3) is 0.148. The van der Waals surface area contributed by atoms with Gasteiger partial charge in [-0.2, -0.15) is 0 Å². The number of carbonyl (C=O) groups excluding carboxylic acids is 2. The van der Waals surface area contributed by atoms with Crippen LogP contribution in [0.25, 0.3) is 10.9 Å². The lowest BCUT2D eigenvalue weighted by Gasteiger charge is -2.16. The molecule has 6 nitrogen and oxygen atoms in total. The number of benzene rings is 3. The predicted octanol–water partition coefficient (Wildman–Crippen LogP) is 6.68. The summed E-state index contributed by atoms with van der Waals surface area (Å²) in [5.74, 6) is -0.371. The summed E-state index contributed by atoms with van der Waals surface area (Å²) in [4.78, 5) is 35.7. The standard InChI is InChI=1S/C27H22Cl2N4O2S/c28-18-10-11-22-20(14-18)17(16-30-22)12-13-33-26(35)24(15-25(34)31-19-6-2-1-3-7-19)36-27(33)32-23-9-5-4-8-21(23)29/h1-11,14,16,24,30H,12-13,15H2,(H,31,34)/t24-/m0/s1. The molecule has 0 bridgehead atoms. The van der Waals surface area contributed by atoms with Gasteiger partial charge in [-0.05, 0) is 54.4 Å². The number of halogens is 2. The topological polar surface area (TPSA) is 77.6 Å². The number of carbonyl (C=O) groups is 2. The minimum Gasteiger partial charge on any atom is -0.361 e. The maximum Gasteiger partial charge on any atom is 0.242 e. The number of para-hydroxylation sites is 2. The van der Waals surface area contributed by atoms with E-state index in [1.165, 1.54) is 11.8 Å². The number of aliphatic imine (C=N–C) groups is 1. The number of hydrogen-bond acceptors (Lipinski definition) is 4. The summed E-state index contributed by atoms with van der Waals surface area (Å²) in [6.07, 6.45) is 2.57. The monoisotopic (exact) mass is 536 g/mol. The molecule has 2 amide bonds. The zero-order valence-electron chi connectivity index (χ0n) is 19.1. The van der Waals surface area contributed by atoms with E-state index in [2.05, 4.69) is 10.3 Å². The van der Waals surface area contributed by atoms with Crippen LogP contribution in [0.3, 0.4) is 0 Å². The molecule has 1 atom stereocenters. The van der Waals surface area contributed by atoms with Crippen LogP contribution >= 0.6 is 35.0 Å². The van der Waals surface area contributed by atoms with E-state index in [-0.39, 0.29) is 18.2 Å². The van der Waals surface area contributed by atoms with Crippen LogP contribution in [0.4, 0.5) is 11.4 Å². The van der Waals surface area contributed by atoms with Gasteiger partial charge >= 0.3 is 0 Å². The molecule has 3 aromatic carbocycles. The van der Waals surface area contributed by atoms with Gasteiger partial charge in [-0.1, -0.05) is 65.3 Å². The van der Waals surface area contributed by atoms with Crippen LogP contribution in [-0.2, 0) is 16.0 Å². The first-order valence-corrected chi connectivity index (χ1v) is 13.0. The molecule has 2 N–H and O–H groups in total. The molecule has 0 spiro atoms. The van der Waals surface area contributed by atoms with Gasteiger partial charge in [-0.15, -0.1) is 0 Å². The summed E-state index contributed by atoms with van der Waals surface area (Å²) >= 11 is 13.8. The van der Waals surface area contributed by atoms with Gasteiger partial charge in [0.2, 0.25) is 11.8 Å². The number of nitrogens with zero attached hydrogens (tertiary/aromatic N) is 2. The van der Waals surface area contributed by atoms with Crippen LogP contribution < -0.4 is 5.32 Å². The van der Waals surface area contributed by atoms with Crippen LogP contribution in [0.5, 0.6) is 0 Å². The minimum atomic E-state index is -0.577. The van der Waals surface area contributed by atoms with Crippen molar-refractivity contribution in [1.29, 1.82) is 0 Å². The smallest absolute Gasteiger partial charge is 0.242 e. The van der Waals surface area contributed by atoms with Gasteiger partial charge < -0.3 is 10.3 Å². The van der Waals surface area contributed by atoms with E-state index >= 15 is 0 Å². The van der Waals surface area contributed by atoms with E-state index in [0.717, 1.165) is 16.5 Å². The molecule has 1 fully saturated rings. The number of hydrogen-bond donors (Lipinski definition) is 2. The van der Waals surface area contributed by atoms with Crippen LogP contribution in [-0.4, -0.2) is 38.7 Å². The summed E-state index contributed by atoms with van der Waals surface area (Å²) in [6.45, 7) is 0.408. The Bertz CT molecular complexity index is 1450. The quantitative estimate of drug-likeness (QED) is 0.276. The Kier molecular flexibility index (Phi) is 7.32. The average molecular weight is 537 g/mol. The third kappa shape index (κ3) is 5.43. The van der Waals surface area contributed by atoms with Crippen LogP contribution in [0.1, 0.15) is 12.0 Å². The number of thioether (sulfide) groups is 1. The average Bonchev–Trinajstić information content (AvgIpc) is 3.39. The Hall–Kier alpha value is -3.26. The number of rotatable bonds is 7. The molecule has 4 aromatic rings. The molecule has 1 aliphatic rings. The van der Waals surface area contributed by atoms with Crippen LogP contribution in [0.15, 0.2) is 84.0 Å². The normalized spacial score (nSPS) is 16.7. The number of H-pyrrole nitrogens is 1. The molecule has 0 aliphatic carbocycles. The Morgan fingerprint density at radius 3 is 2.64 bits per heavy atom. The summed E-state index contributed by atoms with van der Waals surface area (Å²) in [5, 5.41) is 4.98. The third-order valence-corrected chi connectivity index (χ3v) is 7.58. The first-order chi connectivity index (χ1) is 17.5. The van der Waals surface area contributed by atoms with Gasteiger partial charge in [0.1, 0.15) is 5.25 Å². The molecule has 0 saturated carbocycles. The number of aromatic nitrogens is 1. The summed E-state index contributed by atoms with van der Waals surface area (Å²) < 4.78 is 0. The van der Waals surface area contributed by atoms with E-state index in [4.69, 9.17) is 28.2 Å². The van der Waals surface area contributed by atoms with Crippen molar-refractivity contribution in [3.8, 4) is 0 Å². The summed E-state index contributed by atoms with van der Waals surface area (Å²) in [6, 6.07) is 22.1. The molecule has 1 aliphatic heterocycles. The van der Waals surface area contributed by atoms with Crippen molar-refractivity contribution < 1.29 is 9.59 Å². The Balaban J connectivity index is 1.37. The number of amidine groups is 1. The molecule has 182 valence electrons. The molecule has 5 rings (SSSR count). The molecule has 1 aromatic heterocycles. The maximum atomic E-state index is 13.4. The van der Waals surface area contributed by atoms with Crippen molar-refractivity contribution in [2.45, 2.75) is 18.1 Å². The highest BCUT2D eigenvalue weighted by atomic mass is 35.5. The van der Waals surface area contributed by atoms with Gasteiger partial charge in [-0.25, -0.2) is 4.99 Å². The van der Waals surface area contributed by atoms with Crippen molar-refractivity contribution in [3.63, 3.8) is 0 Å². The number of amides is 2. The number of anilines is 1. The first-order valence-electron chi connectivity index (χ1n) is 11.4. The molecule has 0 unspecified atom stereocenters. The number of aromatic amines is 1. The molecule has 9 heteroatoms. The van der Waals surface area contributed by atoms with E-state index in [1.54, 1.807) is 17.0 Å². The SMILES string of the molecule is O=C(C[C@@H]1SC(=Nc2ccccc2Cl)N(CCc2c[nH]c3ccc(Cl)cc23)C1=O)Nc1ccccc1. The highest BCUT2D eigenvalue weighted by Gasteiger charge is 2.39. The lowest BCUT2D eigenvalue weighted by molar-refractivity contribution is -0.128. The van der Waals surface area contributed by atoms with Gasteiger partial charge in [-0.3, -0.25) is 14.5 Å². The largest absolute Gasteiger partial charge is 0.361 e. The van der Waals surface area contributed by atoms with Gasteiger partial charge in [0, 0.05) is 40.8 Å². The summed E-state index contributed by atoms with van der Waals surface area (Å²) in [5.41, 5.74) is 3.30. The maximum absolute atomic E-state index is 13.4. The second-order valence-electron chi connectivity index (χ2n) is 8.31. The number of fused-ring (bicyclic) bond motifs is 1. The highest BCUT2D eigenvalue weighted by Crippen LogP contribution is 2.34. The van der Waals surface area contributed by atoms with Crippen LogP contribution in [0.2, 0.25) is 10.0 Å². The zero-order chi connectivity index (χ0) is 25.1. The molecule has 0 radical (unpaired) electrons. The van der Waals surface area contributed by atoms with E-state index in [1.807, 2.05) is 66.9 Å². The molecule has 36 heavy (non-hydrogen) atoms. The Labute approximate surface area is 222 Å². The Morgan fingerprint density at radius 1 is 1.06 bits per heavy atom. The second-order valence-corrected chi connectivity index (χ2v) is 10.3. The summed E-state index contributed by atoms with van der Waals surface area (Å²) in [7, 11) is 0. The fourth-order valence-electron chi connectivity index (χ4n) is 4.07. The van der Waals surface area contributed by atoms with Crippen molar-refractivity contribution in [2.75, 3.05) is 11.9 Å². The van der Waals surface area contributed by atoms with Crippen molar-refractivity contribution in [1.82, 2.24) is 9.88 Å². The molecule has 2 heterocycles. The lowest BCUT2D eigenvalue weighted by Crippen LogP contribution is -2.35. The zero-order valence-corrected chi connectivity index (χ0v) is 21.4.